The smallest absolute Gasteiger partial charge is 0.213 e. The van der Waals surface area contributed by atoms with Crippen molar-refractivity contribution < 1.29 is 13.2 Å². The summed E-state index contributed by atoms with van der Waals surface area (Å²) < 4.78 is 30.5. The molecule has 0 saturated carbocycles. The molecule has 3 rings (SSSR count). The van der Waals surface area contributed by atoms with Gasteiger partial charge in [0.25, 0.3) is 0 Å². The molecule has 0 spiro atoms. The van der Waals surface area contributed by atoms with Gasteiger partial charge in [-0.2, -0.15) is 0 Å². The summed E-state index contributed by atoms with van der Waals surface area (Å²) in [6.45, 7) is 4.74. The average Bonchev–Trinajstić information content (AvgIpc) is 3.03. The van der Waals surface area contributed by atoms with Gasteiger partial charge >= 0.3 is 0 Å². The van der Waals surface area contributed by atoms with Gasteiger partial charge in [-0.1, -0.05) is 25.1 Å². The molecule has 156 valence electrons. The van der Waals surface area contributed by atoms with Crippen molar-refractivity contribution in [3.8, 4) is 5.75 Å². The van der Waals surface area contributed by atoms with Crippen molar-refractivity contribution in [2.24, 2.45) is 5.14 Å². The van der Waals surface area contributed by atoms with Crippen LogP contribution in [0.4, 0.5) is 0 Å². The van der Waals surface area contributed by atoms with E-state index in [1.165, 1.54) is 11.1 Å². The molecule has 0 aliphatic carbocycles. The van der Waals surface area contributed by atoms with Gasteiger partial charge in [-0.05, 0) is 66.9 Å². The minimum Gasteiger partial charge on any atom is -0.497 e. The molecule has 2 aromatic carbocycles. The molecule has 0 unspecified atom stereocenters. The fourth-order valence-corrected chi connectivity index (χ4v) is 4.21. The van der Waals surface area contributed by atoms with E-state index in [0.29, 0.717) is 0 Å². The Morgan fingerprint density at radius 1 is 1.07 bits per heavy atom. The Balaban J connectivity index is 1.86. The van der Waals surface area contributed by atoms with Crippen molar-refractivity contribution in [3.05, 3.63) is 65.4 Å². The van der Waals surface area contributed by atoms with Crippen LogP contribution in [-0.4, -0.2) is 33.2 Å². The first-order valence-electron chi connectivity index (χ1n) is 9.84. The second kappa shape index (κ2) is 9.43. The minimum absolute atomic E-state index is 0.146. The van der Waals surface area contributed by atoms with E-state index < -0.39 is 10.0 Å². The molecule has 3 aromatic rings. The summed E-state index contributed by atoms with van der Waals surface area (Å²) in [6, 6.07) is 13.9. The number of aryl methyl sites for hydroxylation is 2. The number of methoxy groups -OCH3 is 1. The standard InChI is InChI=1S/C22H29N3O3S/c1-3-24-12-10-19-15-25(13-11-17-4-7-20(28-2)8-5-17)22-9-6-18(14-21(19)22)16-29(23,26)27/h4-9,14-15,24H,3,10-13,16H2,1-2H3,(H2,23,26,27). The van der Waals surface area contributed by atoms with Gasteiger partial charge in [0.2, 0.25) is 10.0 Å². The predicted octanol–water partition coefficient (Wildman–Crippen LogP) is 2.83. The second-order valence-corrected chi connectivity index (χ2v) is 8.82. The number of nitrogens with two attached hydrogens (primary N) is 1. The van der Waals surface area contributed by atoms with E-state index in [-0.39, 0.29) is 5.75 Å². The van der Waals surface area contributed by atoms with E-state index in [1.807, 2.05) is 30.3 Å². The van der Waals surface area contributed by atoms with Crippen LogP contribution in [0.3, 0.4) is 0 Å². The lowest BCUT2D eigenvalue weighted by Gasteiger charge is -2.07. The van der Waals surface area contributed by atoms with Gasteiger partial charge in [-0.25, -0.2) is 13.6 Å². The number of nitrogens with one attached hydrogen (secondary N) is 1. The zero-order valence-electron chi connectivity index (χ0n) is 17.0. The summed E-state index contributed by atoms with van der Waals surface area (Å²) >= 11 is 0. The molecule has 3 N–H and O–H groups in total. The number of hydrogen-bond donors (Lipinski definition) is 2. The lowest BCUT2D eigenvalue weighted by molar-refractivity contribution is 0.414. The van der Waals surface area contributed by atoms with Gasteiger partial charge in [0.1, 0.15) is 5.75 Å². The Morgan fingerprint density at radius 2 is 1.79 bits per heavy atom. The highest BCUT2D eigenvalue weighted by molar-refractivity contribution is 7.88. The zero-order chi connectivity index (χ0) is 20.9. The van der Waals surface area contributed by atoms with Gasteiger partial charge in [0, 0.05) is 23.6 Å². The van der Waals surface area contributed by atoms with Crippen molar-refractivity contribution in [2.45, 2.75) is 32.1 Å². The Morgan fingerprint density at radius 3 is 2.45 bits per heavy atom. The van der Waals surface area contributed by atoms with Crippen LogP contribution in [0.15, 0.2) is 48.7 Å². The van der Waals surface area contributed by atoms with Crippen molar-refractivity contribution in [1.82, 2.24) is 9.88 Å². The van der Waals surface area contributed by atoms with E-state index in [0.717, 1.165) is 54.7 Å². The SMILES string of the molecule is CCNCCc1cn(CCc2ccc(OC)cc2)c2ccc(CS(N)(=O)=O)cc12. The highest BCUT2D eigenvalue weighted by Crippen LogP contribution is 2.25. The van der Waals surface area contributed by atoms with E-state index in [9.17, 15) is 8.42 Å². The molecule has 0 aliphatic rings. The number of nitrogens with zero attached hydrogens (tertiary/aromatic N) is 1. The van der Waals surface area contributed by atoms with Crippen LogP contribution >= 0.6 is 0 Å². The third-order valence-electron chi connectivity index (χ3n) is 5.02. The third kappa shape index (κ3) is 5.82. The summed E-state index contributed by atoms with van der Waals surface area (Å²) in [5.74, 6) is 0.709. The number of aromatic nitrogens is 1. The molecule has 1 heterocycles. The van der Waals surface area contributed by atoms with Crippen LogP contribution < -0.4 is 15.2 Å². The molecule has 0 atom stereocenters. The highest BCUT2D eigenvalue weighted by atomic mass is 32.2. The van der Waals surface area contributed by atoms with Crippen molar-refractivity contribution in [2.75, 3.05) is 20.2 Å². The number of ether oxygens (including phenoxy) is 1. The second-order valence-electron chi connectivity index (χ2n) is 7.21. The number of sulfonamides is 1. The van der Waals surface area contributed by atoms with Gasteiger partial charge in [-0.3, -0.25) is 0 Å². The Hall–Kier alpha value is -2.35. The maximum absolute atomic E-state index is 11.5. The first kappa shape index (κ1) is 21.4. The van der Waals surface area contributed by atoms with Crippen LogP contribution in [-0.2, 0) is 35.2 Å². The molecule has 0 bridgehead atoms. The third-order valence-corrected chi connectivity index (χ3v) is 5.75. The van der Waals surface area contributed by atoms with Crippen molar-refractivity contribution >= 4 is 20.9 Å². The lowest BCUT2D eigenvalue weighted by Crippen LogP contribution is -2.16. The maximum Gasteiger partial charge on any atom is 0.213 e. The molecule has 0 fully saturated rings. The zero-order valence-corrected chi connectivity index (χ0v) is 17.8. The number of benzene rings is 2. The number of hydrogen-bond acceptors (Lipinski definition) is 4. The normalized spacial score (nSPS) is 11.8. The molecule has 7 heteroatoms. The summed E-state index contributed by atoms with van der Waals surface area (Å²) in [4.78, 5) is 0. The molecular weight excluding hydrogens is 386 g/mol. The molecular formula is C22H29N3O3S. The largest absolute Gasteiger partial charge is 0.497 e. The van der Waals surface area contributed by atoms with Gasteiger partial charge < -0.3 is 14.6 Å². The molecule has 6 nitrogen and oxygen atoms in total. The van der Waals surface area contributed by atoms with Crippen LogP contribution in [0.5, 0.6) is 5.75 Å². The Bertz CT molecular complexity index is 1060. The van der Waals surface area contributed by atoms with Crippen molar-refractivity contribution in [1.29, 1.82) is 0 Å². The highest BCUT2D eigenvalue weighted by Gasteiger charge is 2.12. The van der Waals surface area contributed by atoms with Crippen molar-refractivity contribution in [3.63, 3.8) is 0 Å². The average molecular weight is 416 g/mol. The summed E-state index contributed by atoms with van der Waals surface area (Å²) in [6.07, 6.45) is 3.98. The predicted molar refractivity (Wildman–Crippen MR) is 118 cm³/mol. The molecule has 29 heavy (non-hydrogen) atoms. The van der Waals surface area contributed by atoms with Crippen LogP contribution in [0.2, 0.25) is 0 Å². The number of primary sulfonamides is 1. The van der Waals surface area contributed by atoms with E-state index in [1.54, 1.807) is 7.11 Å². The first-order chi connectivity index (χ1) is 13.9. The van der Waals surface area contributed by atoms with E-state index >= 15 is 0 Å². The summed E-state index contributed by atoms with van der Waals surface area (Å²) in [7, 11) is -1.89. The number of likely N-dealkylation sites (N-methyl/N-ethyl adjacent to an activating group) is 1. The number of rotatable bonds is 10. The van der Waals surface area contributed by atoms with Crippen LogP contribution in [0.1, 0.15) is 23.6 Å². The van der Waals surface area contributed by atoms with Gasteiger partial charge in [-0.15, -0.1) is 0 Å². The lowest BCUT2D eigenvalue weighted by atomic mass is 10.1. The van der Waals surface area contributed by atoms with E-state index in [2.05, 4.69) is 35.1 Å². The Labute approximate surface area is 172 Å². The maximum atomic E-state index is 11.5. The molecule has 1 aromatic heterocycles. The molecule has 0 aliphatic heterocycles. The molecule has 0 radical (unpaired) electrons. The summed E-state index contributed by atoms with van der Waals surface area (Å²) in [5, 5.41) is 9.69. The topological polar surface area (TPSA) is 86.3 Å². The first-order valence-corrected chi connectivity index (χ1v) is 11.6. The van der Waals surface area contributed by atoms with Crippen LogP contribution in [0, 0.1) is 0 Å². The monoisotopic (exact) mass is 415 g/mol. The van der Waals surface area contributed by atoms with Crippen LogP contribution in [0.25, 0.3) is 10.9 Å². The fraction of sp³-hybridized carbons (Fsp3) is 0.364. The molecule has 0 amide bonds. The Kier molecular flexibility index (Phi) is 6.95. The van der Waals surface area contributed by atoms with Gasteiger partial charge in [0.05, 0.1) is 12.9 Å². The minimum atomic E-state index is -3.55. The van der Waals surface area contributed by atoms with E-state index in [4.69, 9.17) is 9.88 Å². The van der Waals surface area contributed by atoms with Gasteiger partial charge in [0.15, 0.2) is 0 Å². The summed E-state index contributed by atoms with van der Waals surface area (Å²) in [5.41, 5.74) is 4.29. The number of fused-ring (bicyclic) bond motifs is 1. The molecule has 0 saturated heterocycles. The fourth-order valence-electron chi connectivity index (χ4n) is 3.57. The quantitative estimate of drug-likeness (QED) is 0.499.